The molecule has 0 aliphatic heterocycles. The third-order valence-electron chi connectivity index (χ3n) is 4.91. The van der Waals surface area contributed by atoms with E-state index in [1.54, 1.807) is 7.11 Å². The maximum atomic E-state index is 12.6. The summed E-state index contributed by atoms with van der Waals surface area (Å²) in [7, 11) is 3.80. The van der Waals surface area contributed by atoms with Crippen LogP contribution in [0.1, 0.15) is 41.8 Å². The van der Waals surface area contributed by atoms with Gasteiger partial charge in [-0.3, -0.25) is 4.79 Å². The second-order valence-corrected chi connectivity index (χ2v) is 7.54. The van der Waals surface area contributed by atoms with Crippen molar-refractivity contribution >= 4 is 39.7 Å². The van der Waals surface area contributed by atoms with Gasteiger partial charge in [0.05, 0.1) is 7.11 Å². The Kier molecular flexibility index (Phi) is 7.54. The van der Waals surface area contributed by atoms with Crippen molar-refractivity contribution in [3.8, 4) is 5.75 Å². The third kappa shape index (κ3) is 4.66. The molecular weight excluding hydrogens is 356 g/mol. The van der Waals surface area contributed by atoms with Gasteiger partial charge >= 0.3 is 0 Å². The van der Waals surface area contributed by atoms with Crippen LogP contribution in [0, 0.1) is 0 Å². The summed E-state index contributed by atoms with van der Waals surface area (Å²) in [4.78, 5) is 15.6. The molecule has 3 rings (SSSR count). The van der Waals surface area contributed by atoms with Gasteiger partial charge in [0.1, 0.15) is 10.6 Å². The average molecular weight is 383 g/mol. The Morgan fingerprint density at radius 3 is 2.72 bits per heavy atom. The number of likely N-dealkylation sites (N-methyl/N-ethyl adjacent to an activating group) is 1. The molecule has 6 heteroatoms. The van der Waals surface area contributed by atoms with Gasteiger partial charge in [0.2, 0.25) is 0 Å². The molecule has 1 aromatic heterocycles. The van der Waals surface area contributed by atoms with Gasteiger partial charge in [-0.25, -0.2) is 0 Å². The van der Waals surface area contributed by atoms with Gasteiger partial charge in [-0.1, -0.05) is 31.4 Å². The number of nitrogens with one attached hydrogen (secondary N) is 1. The normalized spacial score (nSPS) is 15.2. The fraction of sp³-hybridized carbons (Fsp3) is 0.526. The van der Waals surface area contributed by atoms with E-state index in [2.05, 4.69) is 17.3 Å². The smallest absolute Gasteiger partial charge is 0.265 e. The molecule has 1 aromatic carbocycles. The molecular formula is C19H27ClN2O2S. The number of fused-ring (bicyclic) bond motifs is 1. The average Bonchev–Trinajstić information content (AvgIpc) is 3.01. The van der Waals surface area contributed by atoms with Crippen molar-refractivity contribution in [2.45, 2.75) is 38.1 Å². The lowest BCUT2D eigenvalue weighted by Gasteiger charge is -2.31. The largest absolute Gasteiger partial charge is 0.494 e. The van der Waals surface area contributed by atoms with Crippen LogP contribution in [0.3, 0.4) is 0 Å². The van der Waals surface area contributed by atoms with E-state index in [1.807, 2.05) is 24.3 Å². The fourth-order valence-corrected chi connectivity index (χ4v) is 4.59. The standard InChI is InChI=1S/C19H26N2O2S.ClH/c1-21(14-8-4-3-5-9-14)13-12-20-19(22)18-17(23-2)15-10-6-7-11-16(15)24-18;/h6-7,10-11,14H,3-5,8-9,12-13H2,1-2H3,(H,20,22);1H. The van der Waals surface area contributed by atoms with E-state index < -0.39 is 0 Å². The van der Waals surface area contributed by atoms with Crippen LogP contribution in [0.15, 0.2) is 24.3 Å². The van der Waals surface area contributed by atoms with Crippen LogP contribution in [-0.4, -0.2) is 44.1 Å². The predicted octanol–water partition coefficient (Wildman–Crippen LogP) is 4.33. The molecule has 1 aliphatic rings. The minimum atomic E-state index is -0.0369. The molecule has 0 unspecified atom stereocenters. The van der Waals surface area contributed by atoms with Crippen LogP contribution in [0.25, 0.3) is 10.1 Å². The fourth-order valence-electron chi connectivity index (χ4n) is 3.50. The second kappa shape index (κ2) is 9.41. The number of methoxy groups -OCH3 is 1. The Morgan fingerprint density at radius 2 is 2.00 bits per heavy atom. The topological polar surface area (TPSA) is 41.6 Å². The Labute approximate surface area is 159 Å². The van der Waals surface area contributed by atoms with Gasteiger partial charge in [0, 0.05) is 29.2 Å². The highest BCUT2D eigenvalue weighted by molar-refractivity contribution is 7.21. The molecule has 1 fully saturated rings. The van der Waals surface area contributed by atoms with E-state index in [0.717, 1.165) is 16.6 Å². The van der Waals surface area contributed by atoms with E-state index in [-0.39, 0.29) is 18.3 Å². The molecule has 2 aromatic rings. The first-order valence-corrected chi connectivity index (χ1v) is 9.56. The predicted molar refractivity (Wildman–Crippen MR) is 107 cm³/mol. The highest BCUT2D eigenvalue weighted by atomic mass is 35.5. The summed E-state index contributed by atoms with van der Waals surface area (Å²) in [6.45, 7) is 1.56. The minimum absolute atomic E-state index is 0. The molecule has 1 N–H and O–H groups in total. The van der Waals surface area contributed by atoms with E-state index >= 15 is 0 Å². The number of halogens is 1. The quantitative estimate of drug-likeness (QED) is 0.808. The van der Waals surface area contributed by atoms with Crippen LogP contribution in [-0.2, 0) is 0 Å². The van der Waals surface area contributed by atoms with E-state index in [4.69, 9.17) is 4.74 Å². The molecule has 0 radical (unpaired) electrons. The van der Waals surface area contributed by atoms with E-state index in [0.29, 0.717) is 23.2 Å². The number of ether oxygens (including phenoxy) is 1. The lowest BCUT2D eigenvalue weighted by Crippen LogP contribution is -2.39. The number of benzene rings is 1. The summed E-state index contributed by atoms with van der Waals surface area (Å²) < 4.78 is 6.56. The molecule has 0 bridgehead atoms. The van der Waals surface area contributed by atoms with Crippen molar-refractivity contribution in [1.29, 1.82) is 0 Å². The third-order valence-corrected chi connectivity index (χ3v) is 6.06. The number of carbonyl (C=O) groups excluding carboxylic acids is 1. The zero-order valence-corrected chi connectivity index (χ0v) is 16.5. The number of rotatable bonds is 6. The van der Waals surface area contributed by atoms with Crippen molar-refractivity contribution in [1.82, 2.24) is 10.2 Å². The molecule has 4 nitrogen and oxygen atoms in total. The van der Waals surface area contributed by atoms with Gasteiger partial charge in [-0.05, 0) is 32.0 Å². The molecule has 0 spiro atoms. The van der Waals surface area contributed by atoms with Crippen molar-refractivity contribution in [2.24, 2.45) is 0 Å². The Balaban J connectivity index is 0.00000225. The summed E-state index contributed by atoms with van der Waals surface area (Å²) in [6, 6.07) is 8.65. The lowest BCUT2D eigenvalue weighted by molar-refractivity contribution is 0.0946. The molecule has 1 aliphatic carbocycles. The van der Waals surface area contributed by atoms with Crippen LogP contribution in [0.2, 0.25) is 0 Å². The highest BCUT2D eigenvalue weighted by Gasteiger charge is 2.20. The first-order valence-electron chi connectivity index (χ1n) is 8.74. The summed E-state index contributed by atoms with van der Waals surface area (Å²) >= 11 is 1.49. The van der Waals surface area contributed by atoms with Crippen molar-refractivity contribution in [3.05, 3.63) is 29.1 Å². The Morgan fingerprint density at radius 1 is 1.28 bits per heavy atom. The number of thiophene rings is 1. The minimum Gasteiger partial charge on any atom is -0.494 e. The second-order valence-electron chi connectivity index (χ2n) is 6.49. The summed E-state index contributed by atoms with van der Waals surface area (Å²) in [5.74, 6) is 0.652. The van der Waals surface area contributed by atoms with Crippen LogP contribution >= 0.6 is 23.7 Å². The summed E-state index contributed by atoms with van der Waals surface area (Å²) in [6.07, 6.45) is 6.61. The Bertz CT molecular complexity index is 698. The molecule has 1 heterocycles. The van der Waals surface area contributed by atoms with Crippen LogP contribution in [0.5, 0.6) is 5.75 Å². The number of hydrogen-bond acceptors (Lipinski definition) is 4. The maximum absolute atomic E-state index is 12.6. The first-order chi connectivity index (χ1) is 11.7. The van der Waals surface area contributed by atoms with Gasteiger partial charge in [-0.15, -0.1) is 23.7 Å². The first kappa shape index (κ1) is 20.0. The van der Waals surface area contributed by atoms with E-state index in [1.165, 1.54) is 43.4 Å². The maximum Gasteiger partial charge on any atom is 0.265 e. The van der Waals surface area contributed by atoms with Crippen molar-refractivity contribution in [3.63, 3.8) is 0 Å². The SMILES string of the molecule is COc1c(C(=O)NCCN(C)C2CCCCC2)sc2ccccc12.Cl. The number of amides is 1. The lowest BCUT2D eigenvalue weighted by atomic mass is 9.94. The zero-order valence-electron chi connectivity index (χ0n) is 14.9. The molecule has 138 valence electrons. The van der Waals surface area contributed by atoms with Crippen LogP contribution in [0.4, 0.5) is 0 Å². The molecule has 0 saturated heterocycles. The molecule has 1 amide bonds. The van der Waals surface area contributed by atoms with Gasteiger partial charge in [0.15, 0.2) is 0 Å². The van der Waals surface area contributed by atoms with Crippen LogP contribution < -0.4 is 10.1 Å². The van der Waals surface area contributed by atoms with Crippen molar-refractivity contribution < 1.29 is 9.53 Å². The zero-order chi connectivity index (χ0) is 16.9. The number of carbonyl (C=O) groups is 1. The number of hydrogen-bond donors (Lipinski definition) is 1. The van der Waals surface area contributed by atoms with Gasteiger partial charge in [-0.2, -0.15) is 0 Å². The van der Waals surface area contributed by atoms with Gasteiger partial charge < -0.3 is 15.0 Å². The van der Waals surface area contributed by atoms with E-state index in [9.17, 15) is 4.79 Å². The summed E-state index contributed by atoms with van der Waals surface area (Å²) in [5, 5.41) is 4.06. The van der Waals surface area contributed by atoms with Gasteiger partial charge in [0.25, 0.3) is 5.91 Å². The number of nitrogens with zero attached hydrogens (tertiary/aromatic N) is 1. The highest BCUT2D eigenvalue weighted by Crippen LogP contribution is 2.37. The monoisotopic (exact) mass is 382 g/mol. The van der Waals surface area contributed by atoms with Crippen molar-refractivity contribution in [2.75, 3.05) is 27.2 Å². The molecule has 0 atom stereocenters. The molecule has 1 saturated carbocycles. The summed E-state index contributed by atoms with van der Waals surface area (Å²) in [5.41, 5.74) is 0. The Hall–Kier alpha value is -1.30. The molecule has 25 heavy (non-hydrogen) atoms.